The predicted octanol–water partition coefficient (Wildman–Crippen LogP) is 1.50. The average molecular weight is 264 g/mol. The number of hydrogen-bond donors (Lipinski definition) is 1. The van der Waals surface area contributed by atoms with Gasteiger partial charge in [-0.25, -0.2) is 9.67 Å². The number of nitrogen functional groups attached to an aromatic ring is 1. The molecule has 0 spiro atoms. The Labute approximate surface area is 108 Å². The Morgan fingerprint density at radius 3 is 2.89 bits per heavy atom. The van der Waals surface area contributed by atoms with Crippen molar-refractivity contribution in [2.24, 2.45) is 0 Å². The first-order chi connectivity index (χ1) is 8.61. The van der Waals surface area contributed by atoms with Gasteiger partial charge in [0, 0.05) is 17.1 Å². The van der Waals surface area contributed by atoms with Crippen LogP contribution in [0.4, 0.5) is 5.69 Å². The topological polar surface area (TPSA) is 73.8 Å². The molecule has 2 N–H and O–H groups in total. The molecule has 0 radical (unpaired) electrons. The van der Waals surface area contributed by atoms with Crippen LogP contribution in [0.2, 0.25) is 0 Å². The molecule has 0 bridgehead atoms. The monoisotopic (exact) mass is 264 g/mol. The highest BCUT2D eigenvalue weighted by atomic mass is 32.2. The van der Waals surface area contributed by atoms with Gasteiger partial charge in [0.2, 0.25) is 0 Å². The van der Waals surface area contributed by atoms with Crippen molar-refractivity contribution in [1.29, 1.82) is 0 Å². The molecule has 18 heavy (non-hydrogen) atoms. The first-order valence-electron chi connectivity index (χ1n) is 5.73. The molecule has 1 aromatic carbocycles. The zero-order valence-corrected chi connectivity index (χ0v) is 11.3. The van der Waals surface area contributed by atoms with Crippen LogP contribution >= 0.6 is 0 Å². The second kappa shape index (κ2) is 5.30. The van der Waals surface area contributed by atoms with Crippen LogP contribution in [0.1, 0.15) is 18.3 Å². The van der Waals surface area contributed by atoms with E-state index in [1.165, 1.54) is 6.33 Å². The zero-order valence-electron chi connectivity index (χ0n) is 10.5. The first kappa shape index (κ1) is 12.8. The molecule has 6 heteroatoms. The Bertz CT molecular complexity index is 579. The highest BCUT2D eigenvalue weighted by molar-refractivity contribution is 7.84. The number of aromatic nitrogens is 3. The molecule has 2 aromatic rings. The van der Waals surface area contributed by atoms with Crippen molar-refractivity contribution in [2.75, 3.05) is 5.73 Å². The van der Waals surface area contributed by atoms with E-state index in [9.17, 15) is 4.21 Å². The van der Waals surface area contributed by atoms with Gasteiger partial charge in [0.15, 0.2) is 0 Å². The van der Waals surface area contributed by atoms with Crippen LogP contribution in [-0.4, -0.2) is 19.0 Å². The Hall–Kier alpha value is -1.69. The summed E-state index contributed by atoms with van der Waals surface area (Å²) in [5, 5.41) is 4.07. The summed E-state index contributed by atoms with van der Waals surface area (Å²) in [6.07, 6.45) is 1.49. The molecule has 1 aromatic heterocycles. The second-order valence-electron chi connectivity index (χ2n) is 4.01. The lowest BCUT2D eigenvalue weighted by Gasteiger charge is -2.07. The Kier molecular flexibility index (Phi) is 3.76. The zero-order chi connectivity index (χ0) is 13.1. The normalized spacial score (nSPS) is 12.6. The Balaban J connectivity index is 2.22. The number of hydrogen-bond acceptors (Lipinski definition) is 4. The van der Waals surface area contributed by atoms with Crippen molar-refractivity contribution in [3.05, 3.63) is 35.9 Å². The standard InChI is InChI=1S/C12H16N4OS/c1-3-16-12(14-8-15-16)7-18(17)11-5-4-10(13)6-9(11)2/h4-6,8H,3,7,13H2,1-2H3. The number of nitrogens with zero attached hydrogens (tertiary/aromatic N) is 3. The molecule has 0 saturated heterocycles. The van der Waals surface area contributed by atoms with Crippen LogP contribution in [0, 0.1) is 6.92 Å². The minimum atomic E-state index is -1.12. The van der Waals surface area contributed by atoms with E-state index in [4.69, 9.17) is 5.73 Å². The molecule has 0 fully saturated rings. The van der Waals surface area contributed by atoms with E-state index >= 15 is 0 Å². The van der Waals surface area contributed by atoms with Crippen LogP contribution < -0.4 is 5.73 Å². The molecule has 0 aliphatic rings. The minimum absolute atomic E-state index is 0.374. The quantitative estimate of drug-likeness (QED) is 0.849. The lowest BCUT2D eigenvalue weighted by Crippen LogP contribution is -2.08. The van der Waals surface area contributed by atoms with Crippen LogP contribution in [-0.2, 0) is 23.1 Å². The fourth-order valence-corrected chi connectivity index (χ4v) is 3.04. The summed E-state index contributed by atoms with van der Waals surface area (Å²) in [4.78, 5) is 4.93. The van der Waals surface area contributed by atoms with E-state index in [0.29, 0.717) is 11.4 Å². The van der Waals surface area contributed by atoms with E-state index in [1.54, 1.807) is 10.7 Å². The highest BCUT2D eigenvalue weighted by Crippen LogP contribution is 2.18. The van der Waals surface area contributed by atoms with Gasteiger partial charge in [-0.05, 0) is 37.6 Å². The predicted molar refractivity (Wildman–Crippen MR) is 71.4 cm³/mol. The van der Waals surface area contributed by atoms with Gasteiger partial charge >= 0.3 is 0 Å². The number of aryl methyl sites for hydroxylation is 2. The van der Waals surface area contributed by atoms with Crippen LogP contribution in [0.25, 0.3) is 0 Å². The van der Waals surface area contributed by atoms with Gasteiger partial charge in [-0.15, -0.1) is 0 Å². The summed E-state index contributed by atoms with van der Waals surface area (Å²) >= 11 is 0. The summed E-state index contributed by atoms with van der Waals surface area (Å²) in [5.74, 6) is 1.12. The van der Waals surface area contributed by atoms with E-state index < -0.39 is 10.8 Å². The second-order valence-corrected chi connectivity index (χ2v) is 5.43. The van der Waals surface area contributed by atoms with Crippen molar-refractivity contribution >= 4 is 16.5 Å². The first-order valence-corrected chi connectivity index (χ1v) is 7.05. The molecule has 1 atom stereocenters. The summed E-state index contributed by atoms with van der Waals surface area (Å²) in [6.45, 7) is 4.62. The number of rotatable bonds is 4. The average Bonchev–Trinajstić information content (AvgIpc) is 2.76. The molecule has 0 amide bonds. The summed E-state index contributed by atoms with van der Waals surface area (Å²) in [6, 6.07) is 5.41. The maximum atomic E-state index is 12.3. The molecule has 0 saturated carbocycles. The van der Waals surface area contributed by atoms with Gasteiger partial charge in [0.25, 0.3) is 0 Å². The molecule has 0 aliphatic heterocycles. The molecule has 96 valence electrons. The van der Waals surface area contributed by atoms with E-state index in [-0.39, 0.29) is 0 Å². The maximum Gasteiger partial charge on any atom is 0.139 e. The molecule has 0 aliphatic carbocycles. The van der Waals surface area contributed by atoms with Crippen molar-refractivity contribution in [1.82, 2.24) is 14.8 Å². The van der Waals surface area contributed by atoms with Crippen LogP contribution in [0.15, 0.2) is 29.4 Å². The van der Waals surface area contributed by atoms with E-state index in [2.05, 4.69) is 10.1 Å². The Morgan fingerprint density at radius 2 is 2.22 bits per heavy atom. The fraction of sp³-hybridized carbons (Fsp3) is 0.333. The minimum Gasteiger partial charge on any atom is -0.399 e. The Morgan fingerprint density at radius 1 is 1.44 bits per heavy atom. The van der Waals surface area contributed by atoms with E-state index in [0.717, 1.165) is 22.8 Å². The maximum absolute atomic E-state index is 12.3. The lowest BCUT2D eigenvalue weighted by molar-refractivity contribution is 0.627. The van der Waals surface area contributed by atoms with Crippen molar-refractivity contribution in [3.63, 3.8) is 0 Å². The third-order valence-corrected chi connectivity index (χ3v) is 4.17. The highest BCUT2D eigenvalue weighted by Gasteiger charge is 2.12. The van der Waals surface area contributed by atoms with E-state index in [1.807, 2.05) is 26.0 Å². The van der Waals surface area contributed by atoms with Crippen molar-refractivity contribution in [2.45, 2.75) is 31.0 Å². The number of nitrogens with two attached hydrogens (primary N) is 1. The molecular formula is C12H16N4OS. The number of benzene rings is 1. The summed E-state index contributed by atoms with van der Waals surface area (Å²) in [7, 11) is -1.12. The SMILES string of the molecule is CCn1ncnc1CS(=O)c1ccc(N)cc1C. The van der Waals surface area contributed by atoms with Crippen LogP contribution in [0.5, 0.6) is 0 Å². The van der Waals surface area contributed by atoms with Crippen LogP contribution in [0.3, 0.4) is 0 Å². The largest absolute Gasteiger partial charge is 0.399 e. The molecular weight excluding hydrogens is 248 g/mol. The van der Waals surface area contributed by atoms with Crippen molar-refractivity contribution < 1.29 is 4.21 Å². The van der Waals surface area contributed by atoms with Gasteiger partial charge in [0.1, 0.15) is 12.2 Å². The van der Waals surface area contributed by atoms with Gasteiger partial charge in [0.05, 0.1) is 16.6 Å². The smallest absolute Gasteiger partial charge is 0.139 e. The molecule has 5 nitrogen and oxygen atoms in total. The number of anilines is 1. The fourth-order valence-electron chi connectivity index (χ4n) is 1.79. The van der Waals surface area contributed by atoms with Gasteiger partial charge < -0.3 is 5.73 Å². The lowest BCUT2D eigenvalue weighted by atomic mass is 10.2. The van der Waals surface area contributed by atoms with Gasteiger partial charge in [-0.3, -0.25) is 4.21 Å². The van der Waals surface area contributed by atoms with Gasteiger partial charge in [-0.1, -0.05) is 0 Å². The third-order valence-electron chi connectivity index (χ3n) is 2.70. The summed E-state index contributed by atoms with van der Waals surface area (Å²) < 4.78 is 14.1. The van der Waals surface area contributed by atoms with Crippen molar-refractivity contribution in [3.8, 4) is 0 Å². The molecule has 1 unspecified atom stereocenters. The third kappa shape index (κ3) is 2.59. The summed E-state index contributed by atoms with van der Waals surface area (Å²) in [5.41, 5.74) is 7.31. The molecule has 2 rings (SSSR count). The van der Waals surface area contributed by atoms with Gasteiger partial charge in [-0.2, -0.15) is 5.10 Å². The molecule has 1 heterocycles.